The van der Waals surface area contributed by atoms with Crippen molar-refractivity contribution in [1.82, 2.24) is 15.1 Å². The molecule has 0 radical (unpaired) electrons. The van der Waals surface area contributed by atoms with Crippen LogP contribution in [0.25, 0.3) is 0 Å². The highest BCUT2D eigenvalue weighted by Gasteiger charge is 2.22. The molecule has 2 aromatic rings. The van der Waals surface area contributed by atoms with Gasteiger partial charge in [-0.05, 0) is 43.0 Å². The largest absolute Gasteiger partial charge is 0.349 e. The molecular formula is C16H16ClN3O2. The highest BCUT2D eigenvalue weighted by molar-refractivity contribution is 6.30. The van der Waals surface area contributed by atoms with E-state index in [-0.39, 0.29) is 17.5 Å². The van der Waals surface area contributed by atoms with Crippen LogP contribution < -0.4 is 10.9 Å². The van der Waals surface area contributed by atoms with E-state index in [1.54, 1.807) is 37.4 Å². The van der Waals surface area contributed by atoms with Crippen LogP contribution in [-0.2, 0) is 19.9 Å². The zero-order chi connectivity index (χ0) is 15.7. The summed E-state index contributed by atoms with van der Waals surface area (Å²) in [5.74, 6) is -0.146. The normalized spacial score (nSPS) is 16.9. The van der Waals surface area contributed by atoms with E-state index in [2.05, 4.69) is 10.4 Å². The summed E-state index contributed by atoms with van der Waals surface area (Å²) in [6.07, 6.45) is 2.19. The molecule has 1 heterocycles. The van der Waals surface area contributed by atoms with Crippen LogP contribution in [-0.4, -0.2) is 21.7 Å². The highest BCUT2D eigenvalue weighted by Crippen LogP contribution is 2.18. The molecule has 0 bridgehead atoms. The molecule has 1 amide bonds. The van der Waals surface area contributed by atoms with Gasteiger partial charge in [-0.1, -0.05) is 17.7 Å². The zero-order valence-corrected chi connectivity index (χ0v) is 12.9. The fourth-order valence-corrected chi connectivity index (χ4v) is 2.90. The van der Waals surface area contributed by atoms with Gasteiger partial charge in [-0.25, -0.2) is 4.68 Å². The number of aromatic nitrogens is 2. The van der Waals surface area contributed by atoms with Crippen LogP contribution in [0.15, 0.2) is 35.1 Å². The SMILES string of the molecule is Cn1nc2c(cc1=O)C[C@@H](NC(=O)c1cccc(Cl)c1)CC2. The summed E-state index contributed by atoms with van der Waals surface area (Å²) in [7, 11) is 1.65. The number of carbonyl (C=O) groups is 1. The number of rotatable bonds is 2. The van der Waals surface area contributed by atoms with Gasteiger partial charge in [0.25, 0.3) is 11.5 Å². The van der Waals surface area contributed by atoms with Gasteiger partial charge < -0.3 is 5.32 Å². The molecule has 0 spiro atoms. The van der Waals surface area contributed by atoms with E-state index in [1.165, 1.54) is 4.68 Å². The summed E-state index contributed by atoms with van der Waals surface area (Å²) in [6.45, 7) is 0. The van der Waals surface area contributed by atoms with E-state index in [4.69, 9.17) is 11.6 Å². The third kappa shape index (κ3) is 3.04. The van der Waals surface area contributed by atoms with Crippen LogP contribution >= 0.6 is 11.6 Å². The molecule has 114 valence electrons. The number of amides is 1. The van der Waals surface area contributed by atoms with Gasteiger partial charge in [-0.3, -0.25) is 9.59 Å². The van der Waals surface area contributed by atoms with Crippen LogP contribution in [0.5, 0.6) is 0 Å². The number of carbonyl (C=O) groups excluding carboxylic acids is 1. The van der Waals surface area contributed by atoms with E-state index in [0.29, 0.717) is 17.0 Å². The van der Waals surface area contributed by atoms with Crippen molar-refractivity contribution in [3.05, 3.63) is 62.5 Å². The Morgan fingerprint density at radius 3 is 3.00 bits per heavy atom. The Bertz CT molecular complexity index is 785. The summed E-state index contributed by atoms with van der Waals surface area (Å²) in [4.78, 5) is 23.9. The predicted octanol–water partition coefficient (Wildman–Crippen LogP) is 1.72. The van der Waals surface area contributed by atoms with Crippen molar-refractivity contribution in [3.8, 4) is 0 Å². The van der Waals surface area contributed by atoms with Gasteiger partial charge in [0.15, 0.2) is 0 Å². The van der Waals surface area contributed by atoms with Crippen LogP contribution in [0, 0.1) is 0 Å². The third-order valence-electron chi connectivity index (χ3n) is 3.88. The number of hydrogen-bond donors (Lipinski definition) is 1. The number of fused-ring (bicyclic) bond motifs is 1. The fourth-order valence-electron chi connectivity index (χ4n) is 2.71. The average molecular weight is 318 g/mol. The first-order valence-corrected chi connectivity index (χ1v) is 7.53. The first kappa shape index (κ1) is 14.8. The maximum absolute atomic E-state index is 12.2. The van der Waals surface area contributed by atoms with Crippen LogP contribution in [0.4, 0.5) is 0 Å². The van der Waals surface area contributed by atoms with Crippen molar-refractivity contribution in [2.45, 2.75) is 25.3 Å². The molecule has 1 atom stereocenters. The molecule has 1 aromatic carbocycles. The van der Waals surface area contributed by atoms with Crippen molar-refractivity contribution in [2.24, 2.45) is 7.05 Å². The molecule has 22 heavy (non-hydrogen) atoms. The van der Waals surface area contributed by atoms with Crippen molar-refractivity contribution in [2.75, 3.05) is 0 Å². The maximum Gasteiger partial charge on any atom is 0.266 e. The lowest BCUT2D eigenvalue weighted by molar-refractivity contribution is 0.0933. The third-order valence-corrected chi connectivity index (χ3v) is 4.11. The molecule has 0 fully saturated rings. The Balaban J connectivity index is 1.74. The minimum atomic E-state index is -0.146. The Hall–Kier alpha value is -2.14. The first-order chi connectivity index (χ1) is 10.5. The lowest BCUT2D eigenvalue weighted by Gasteiger charge is -2.24. The quantitative estimate of drug-likeness (QED) is 0.917. The van der Waals surface area contributed by atoms with E-state index in [0.717, 1.165) is 24.1 Å². The van der Waals surface area contributed by atoms with Crippen molar-refractivity contribution in [3.63, 3.8) is 0 Å². The number of benzene rings is 1. The van der Waals surface area contributed by atoms with Gasteiger partial charge in [0.1, 0.15) is 0 Å². The minimum Gasteiger partial charge on any atom is -0.349 e. The molecule has 0 saturated carbocycles. The second-order valence-corrected chi connectivity index (χ2v) is 5.94. The summed E-state index contributed by atoms with van der Waals surface area (Å²) < 4.78 is 1.35. The predicted molar refractivity (Wildman–Crippen MR) is 84.2 cm³/mol. The second-order valence-electron chi connectivity index (χ2n) is 5.50. The smallest absolute Gasteiger partial charge is 0.266 e. The Labute approximate surface area is 132 Å². The molecule has 1 aliphatic carbocycles. The van der Waals surface area contributed by atoms with Crippen LogP contribution in [0.3, 0.4) is 0 Å². The molecule has 5 nitrogen and oxygen atoms in total. The maximum atomic E-state index is 12.2. The molecule has 6 heteroatoms. The average Bonchev–Trinajstić information content (AvgIpc) is 2.49. The van der Waals surface area contributed by atoms with E-state index < -0.39 is 0 Å². The Morgan fingerprint density at radius 2 is 2.23 bits per heavy atom. The van der Waals surface area contributed by atoms with Crippen molar-refractivity contribution >= 4 is 17.5 Å². The number of halogens is 1. The molecule has 1 N–H and O–H groups in total. The standard InChI is InChI=1S/C16H16ClN3O2/c1-20-15(21)9-11-8-13(5-6-14(11)19-20)18-16(22)10-3-2-4-12(17)7-10/h2-4,7,9,13H,5-6,8H2,1H3,(H,18,22)/t13-/m0/s1. The first-order valence-electron chi connectivity index (χ1n) is 7.15. The van der Waals surface area contributed by atoms with E-state index in [1.807, 2.05) is 0 Å². The fraction of sp³-hybridized carbons (Fsp3) is 0.312. The number of hydrogen-bond acceptors (Lipinski definition) is 3. The molecule has 1 aliphatic rings. The van der Waals surface area contributed by atoms with Crippen molar-refractivity contribution < 1.29 is 4.79 Å². The number of aryl methyl sites for hydroxylation is 2. The number of nitrogens with zero attached hydrogens (tertiary/aromatic N) is 2. The zero-order valence-electron chi connectivity index (χ0n) is 12.2. The summed E-state index contributed by atoms with van der Waals surface area (Å²) in [6, 6.07) is 8.48. The minimum absolute atomic E-state index is 0.00730. The monoisotopic (exact) mass is 317 g/mol. The Kier molecular flexibility index (Phi) is 3.98. The van der Waals surface area contributed by atoms with Gasteiger partial charge in [-0.15, -0.1) is 0 Å². The van der Waals surface area contributed by atoms with Gasteiger partial charge in [0.05, 0.1) is 5.69 Å². The lowest BCUT2D eigenvalue weighted by Crippen LogP contribution is -2.40. The topological polar surface area (TPSA) is 64.0 Å². The molecule has 0 saturated heterocycles. The molecule has 3 rings (SSSR count). The van der Waals surface area contributed by atoms with Gasteiger partial charge in [0, 0.05) is 29.7 Å². The molecule has 0 unspecified atom stereocenters. The van der Waals surface area contributed by atoms with Gasteiger partial charge in [0.2, 0.25) is 0 Å². The van der Waals surface area contributed by atoms with E-state index in [9.17, 15) is 9.59 Å². The van der Waals surface area contributed by atoms with Crippen LogP contribution in [0.2, 0.25) is 5.02 Å². The van der Waals surface area contributed by atoms with Gasteiger partial charge in [-0.2, -0.15) is 5.10 Å². The molecular weight excluding hydrogens is 302 g/mol. The lowest BCUT2D eigenvalue weighted by atomic mass is 9.92. The van der Waals surface area contributed by atoms with Crippen LogP contribution in [0.1, 0.15) is 28.0 Å². The molecule has 1 aromatic heterocycles. The summed E-state index contributed by atoms with van der Waals surface area (Å²) in [5, 5.41) is 7.81. The van der Waals surface area contributed by atoms with Gasteiger partial charge >= 0.3 is 0 Å². The summed E-state index contributed by atoms with van der Waals surface area (Å²) >= 11 is 5.91. The highest BCUT2D eigenvalue weighted by atomic mass is 35.5. The molecule has 0 aliphatic heterocycles. The summed E-state index contributed by atoms with van der Waals surface area (Å²) in [5.41, 5.74) is 2.28. The second kappa shape index (κ2) is 5.93. The van der Waals surface area contributed by atoms with Crippen molar-refractivity contribution in [1.29, 1.82) is 0 Å². The Morgan fingerprint density at radius 1 is 1.41 bits per heavy atom. The number of nitrogens with one attached hydrogen (secondary N) is 1. The van der Waals surface area contributed by atoms with E-state index >= 15 is 0 Å².